The van der Waals surface area contributed by atoms with Gasteiger partial charge in [0.2, 0.25) is 0 Å². The molecule has 0 aliphatic carbocycles. The Balaban J connectivity index is 1.72. The number of aliphatic hydroxyl groups is 1. The van der Waals surface area contributed by atoms with Crippen molar-refractivity contribution in [2.45, 2.75) is 38.3 Å². The summed E-state index contributed by atoms with van der Waals surface area (Å²) in [5.41, 5.74) is 7.44. The maximum atomic E-state index is 9.59. The van der Waals surface area contributed by atoms with Gasteiger partial charge in [-0.05, 0) is 57.3 Å². The van der Waals surface area contributed by atoms with Gasteiger partial charge in [0.1, 0.15) is 0 Å². The van der Waals surface area contributed by atoms with E-state index < -0.39 is 0 Å². The molecule has 0 bridgehead atoms. The lowest BCUT2D eigenvalue weighted by atomic mass is 9.92. The van der Waals surface area contributed by atoms with Crippen LogP contribution in [0.15, 0.2) is 30.3 Å². The number of likely N-dealkylation sites (tertiary alicyclic amines) is 1. The standard InChI is InChI=1S/C16H26N2O/c1-13(19)14-7-10-18(11-8-14)12-9-16(17)15-5-3-2-4-6-15/h2-6,13-14,16,19H,7-12,17H2,1H3. The van der Waals surface area contributed by atoms with E-state index in [9.17, 15) is 5.11 Å². The second-order valence-electron chi connectivity index (χ2n) is 5.73. The minimum Gasteiger partial charge on any atom is -0.393 e. The molecule has 0 amide bonds. The molecule has 106 valence electrons. The molecular weight excluding hydrogens is 236 g/mol. The van der Waals surface area contributed by atoms with Gasteiger partial charge in [-0.25, -0.2) is 0 Å². The number of aliphatic hydroxyl groups excluding tert-OH is 1. The number of piperidine rings is 1. The van der Waals surface area contributed by atoms with Crippen molar-refractivity contribution in [1.29, 1.82) is 0 Å². The monoisotopic (exact) mass is 262 g/mol. The number of hydrogen-bond donors (Lipinski definition) is 2. The Morgan fingerprint density at radius 3 is 2.47 bits per heavy atom. The highest BCUT2D eigenvalue weighted by Crippen LogP contribution is 2.21. The Kier molecular flexibility index (Phi) is 5.37. The smallest absolute Gasteiger partial charge is 0.0541 e. The Bertz CT molecular complexity index is 358. The number of benzene rings is 1. The van der Waals surface area contributed by atoms with Crippen LogP contribution in [-0.4, -0.2) is 35.7 Å². The largest absolute Gasteiger partial charge is 0.393 e. The van der Waals surface area contributed by atoms with E-state index in [1.165, 1.54) is 5.56 Å². The molecule has 2 rings (SSSR count). The molecule has 3 N–H and O–H groups in total. The summed E-state index contributed by atoms with van der Waals surface area (Å²) in [6, 6.07) is 10.5. The van der Waals surface area contributed by atoms with Gasteiger partial charge in [-0.1, -0.05) is 30.3 Å². The Morgan fingerprint density at radius 2 is 1.89 bits per heavy atom. The lowest BCUT2D eigenvalue weighted by molar-refractivity contribution is 0.0709. The van der Waals surface area contributed by atoms with Crippen molar-refractivity contribution < 1.29 is 5.11 Å². The van der Waals surface area contributed by atoms with Crippen molar-refractivity contribution in [1.82, 2.24) is 4.90 Å². The summed E-state index contributed by atoms with van der Waals surface area (Å²) in [5, 5.41) is 9.59. The molecule has 2 unspecified atom stereocenters. The number of nitrogens with zero attached hydrogens (tertiary/aromatic N) is 1. The van der Waals surface area contributed by atoms with Crippen LogP contribution in [0, 0.1) is 5.92 Å². The highest BCUT2D eigenvalue weighted by atomic mass is 16.3. The second-order valence-corrected chi connectivity index (χ2v) is 5.73. The van der Waals surface area contributed by atoms with Gasteiger partial charge in [0, 0.05) is 6.04 Å². The normalized spacial score (nSPS) is 21.2. The van der Waals surface area contributed by atoms with Crippen LogP contribution in [0.4, 0.5) is 0 Å². The Hall–Kier alpha value is -0.900. The first kappa shape index (κ1) is 14.5. The molecule has 19 heavy (non-hydrogen) atoms. The number of rotatable bonds is 5. The highest BCUT2D eigenvalue weighted by Gasteiger charge is 2.22. The van der Waals surface area contributed by atoms with E-state index in [4.69, 9.17) is 5.73 Å². The topological polar surface area (TPSA) is 49.5 Å². The predicted octanol–water partition coefficient (Wildman–Crippen LogP) is 2.17. The third kappa shape index (κ3) is 4.30. The summed E-state index contributed by atoms with van der Waals surface area (Å²) in [6.07, 6.45) is 3.06. The molecule has 1 aliphatic rings. The molecule has 0 spiro atoms. The van der Waals surface area contributed by atoms with Gasteiger partial charge < -0.3 is 15.7 Å². The first-order valence-corrected chi connectivity index (χ1v) is 7.38. The van der Waals surface area contributed by atoms with E-state index in [1.807, 2.05) is 25.1 Å². The SMILES string of the molecule is CC(O)C1CCN(CCC(N)c2ccccc2)CC1. The lowest BCUT2D eigenvalue weighted by Gasteiger charge is -2.33. The van der Waals surface area contributed by atoms with Crippen molar-refractivity contribution >= 4 is 0 Å². The molecule has 1 aromatic rings. The minimum atomic E-state index is -0.159. The van der Waals surface area contributed by atoms with E-state index in [2.05, 4.69) is 17.0 Å². The van der Waals surface area contributed by atoms with Crippen LogP contribution in [0.25, 0.3) is 0 Å². The van der Waals surface area contributed by atoms with Crippen LogP contribution in [0.3, 0.4) is 0 Å². The molecule has 1 aliphatic heterocycles. The fraction of sp³-hybridized carbons (Fsp3) is 0.625. The van der Waals surface area contributed by atoms with Crippen molar-refractivity contribution in [3.8, 4) is 0 Å². The Labute approximate surface area is 116 Å². The third-order valence-corrected chi connectivity index (χ3v) is 4.30. The quantitative estimate of drug-likeness (QED) is 0.855. The average Bonchev–Trinajstić information content (AvgIpc) is 2.46. The van der Waals surface area contributed by atoms with Gasteiger partial charge in [-0.15, -0.1) is 0 Å². The molecule has 3 heteroatoms. The first-order valence-electron chi connectivity index (χ1n) is 7.38. The molecule has 3 nitrogen and oxygen atoms in total. The lowest BCUT2D eigenvalue weighted by Crippen LogP contribution is -2.38. The van der Waals surface area contributed by atoms with Crippen LogP contribution in [0.1, 0.15) is 37.8 Å². The summed E-state index contributed by atoms with van der Waals surface area (Å²) in [5.74, 6) is 0.485. The second kappa shape index (κ2) is 7.04. The number of nitrogens with two attached hydrogens (primary N) is 1. The molecule has 1 heterocycles. The van der Waals surface area contributed by atoms with Crippen LogP contribution >= 0.6 is 0 Å². The van der Waals surface area contributed by atoms with Crippen molar-refractivity contribution in [3.63, 3.8) is 0 Å². The zero-order chi connectivity index (χ0) is 13.7. The molecule has 0 aromatic heterocycles. The number of hydrogen-bond acceptors (Lipinski definition) is 3. The van der Waals surface area contributed by atoms with E-state index in [0.29, 0.717) is 5.92 Å². The summed E-state index contributed by atoms with van der Waals surface area (Å²) in [6.45, 7) is 5.16. The van der Waals surface area contributed by atoms with Gasteiger partial charge >= 0.3 is 0 Å². The predicted molar refractivity (Wildman–Crippen MR) is 78.8 cm³/mol. The Morgan fingerprint density at radius 1 is 1.26 bits per heavy atom. The van der Waals surface area contributed by atoms with E-state index in [1.54, 1.807) is 0 Å². The average molecular weight is 262 g/mol. The molecule has 1 fully saturated rings. The maximum Gasteiger partial charge on any atom is 0.0541 e. The summed E-state index contributed by atoms with van der Waals surface area (Å²) in [4.78, 5) is 2.47. The van der Waals surface area contributed by atoms with Crippen molar-refractivity contribution in [2.24, 2.45) is 11.7 Å². The van der Waals surface area contributed by atoms with E-state index in [0.717, 1.165) is 38.9 Å². The van der Waals surface area contributed by atoms with Crippen molar-refractivity contribution in [2.75, 3.05) is 19.6 Å². The minimum absolute atomic E-state index is 0.135. The van der Waals surface area contributed by atoms with Gasteiger partial charge in [-0.2, -0.15) is 0 Å². The maximum absolute atomic E-state index is 9.59. The van der Waals surface area contributed by atoms with Crippen molar-refractivity contribution in [3.05, 3.63) is 35.9 Å². The molecule has 0 saturated carbocycles. The summed E-state index contributed by atoms with van der Waals surface area (Å²) >= 11 is 0. The summed E-state index contributed by atoms with van der Waals surface area (Å²) in [7, 11) is 0. The van der Waals surface area contributed by atoms with Crippen LogP contribution in [0.2, 0.25) is 0 Å². The summed E-state index contributed by atoms with van der Waals surface area (Å²) < 4.78 is 0. The zero-order valence-corrected chi connectivity index (χ0v) is 11.8. The van der Waals surface area contributed by atoms with Crippen LogP contribution in [0.5, 0.6) is 0 Å². The molecule has 2 atom stereocenters. The van der Waals surface area contributed by atoms with E-state index in [-0.39, 0.29) is 12.1 Å². The van der Waals surface area contributed by atoms with Gasteiger partial charge in [0.05, 0.1) is 6.10 Å². The van der Waals surface area contributed by atoms with Gasteiger partial charge in [0.25, 0.3) is 0 Å². The first-order chi connectivity index (χ1) is 9.16. The van der Waals surface area contributed by atoms with Crippen LogP contribution in [-0.2, 0) is 0 Å². The molecule has 0 radical (unpaired) electrons. The molecular formula is C16H26N2O. The highest BCUT2D eigenvalue weighted by molar-refractivity contribution is 5.18. The van der Waals surface area contributed by atoms with Gasteiger partial charge in [0.15, 0.2) is 0 Å². The molecule has 1 saturated heterocycles. The van der Waals surface area contributed by atoms with E-state index >= 15 is 0 Å². The fourth-order valence-corrected chi connectivity index (χ4v) is 2.85. The third-order valence-electron chi connectivity index (χ3n) is 4.30. The fourth-order valence-electron chi connectivity index (χ4n) is 2.85. The zero-order valence-electron chi connectivity index (χ0n) is 11.8. The molecule has 1 aromatic carbocycles. The van der Waals surface area contributed by atoms with Crippen LogP contribution < -0.4 is 5.73 Å². The van der Waals surface area contributed by atoms with Gasteiger partial charge in [-0.3, -0.25) is 0 Å².